The van der Waals surface area contributed by atoms with Crippen molar-refractivity contribution in [3.05, 3.63) is 179 Å². The Morgan fingerprint density at radius 2 is 1.07 bits per heavy atom. The highest BCUT2D eigenvalue weighted by Gasteiger charge is 2.44. The lowest BCUT2D eigenvalue weighted by Crippen LogP contribution is -2.52. The molecule has 14 rings (SSSR count). The lowest BCUT2D eigenvalue weighted by molar-refractivity contribution is -0.137. The van der Waals surface area contributed by atoms with E-state index in [4.69, 9.17) is 30.5 Å². The lowest BCUT2D eigenvalue weighted by atomic mass is 9.75. The fraction of sp³-hybridized carbons (Fsp3) is 0.351. The van der Waals surface area contributed by atoms with E-state index in [0.29, 0.717) is 29.6 Å². The normalized spacial score (nSPS) is 16.0. The maximum absolute atomic E-state index is 13.9. The quantitative estimate of drug-likeness (QED) is 0.0589. The van der Waals surface area contributed by atoms with Gasteiger partial charge in [-0.15, -0.1) is 0 Å². The van der Waals surface area contributed by atoms with Gasteiger partial charge in [0.15, 0.2) is 0 Å². The highest BCUT2D eigenvalue weighted by Crippen LogP contribution is 2.47. The summed E-state index contributed by atoms with van der Waals surface area (Å²) in [6.45, 7) is 2.17. The molecule has 10 aromatic rings. The van der Waals surface area contributed by atoms with Crippen molar-refractivity contribution in [3.8, 4) is 22.8 Å². The van der Waals surface area contributed by atoms with Gasteiger partial charge in [0.05, 0.1) is 68.1 Å². The van der Waals surface area contributed by atoms with Gasteiger partial charge in [-0.05, 0) is 190 Å². The molecule has 6 aromatic heterocycles. The van der Waals surface area contributed by atoms with Gasteiger partial charge in [-0.1, -0.05) is 76.9 Å². The number of rotatable bonds is 14. The molecule has 0 unspecified atom stereocenters. The van der Waals surface area contributed by atoms with E-state index in [1.165, 1.54) is 74.0 Å². The minimum atomic E-state index is -0.991. The van der Waals surface area contributed by atoms with E-state index in [0.717, 1.165) is 129 Å². The number of aromatic nitrogens is 8. The van der Waals surface area contributed by atoms with Crippen LogP contribution < -0.4 is 11.1 Å². The van der Waals surface area contributed by atoms with Crippen LogP contribution in [0.15, 0.2) is 134 Å². The van der Waals surface area contributed by atoms with Gasteiger partial charge in [-0.3, -0.25) is 14.8 Å². The number of hydrogen-bond donors (Lipinski definition) is 4. The number of imidazole rings is 2. The number of nitrogens with one attached hydrogen (secondary N) is 1. The largest absolute Gasteiger partial charge is 0.478 e. The number of carbonyl (C=O) groups is 4. The Balaban J connectivity index is 0.000000161. The molecule has 4 aromatic carbocycles. The zero-order valence-corrected chi connectivity index (χ0v) is 51.2. The van der Waals surface area contributed by atoms with E-state index >= 15 is 0 Å². The van der Waals surface area contributed by atoms with Gasteiger partial charge in [0, 0.05) is 80.1 Å². The first-order valence-electron chi connectivity index (χ1n) is 31.2. The molecule has 0 saturated heterocycles. The molecule has 4 aliphatic carbocycles. The molecule has 0 aliphatic heterocycles. The summed E-state index contributed by atoms with van der Waals surface area (Å²) >= 11 is 0. The summed E-state index contributed by atoms with van der Waals surface area (Å²) in [4.78, 5) is 66.5. The SMILES string of the molecule is C.C.CCOC(=O)/C=C/c1ccc2c(c1)nc(C1(N)CCC1)n2C.Cn1c(-c2ccccn2)c(C2CCCC2)c2ccc(C(=O)O)cc21.Cn1c(C2(NC(=O)c3ccc4c(C5CCCC5)c(-c5ccccn5)n(C)c4c3)CCC2)nc2cc(/C=C/C(=O)O)ccc21. The third-order valence-corrected chi connectivity index (χ3v) is 18.9. The van der Waals surface area contributed by atoms with Gasteiger partial charge in [0.25, 0.3) is 5.91 Å². The number of ether oxygens (including phenoxy) is 1. The highest BCUT2D eigenvalue weighted by atomic mass is 16.5. The van der Waals surface area contributed by atoms with Crippen molar-refractivity contribution in [1.82, 2.24) is 43.5 Å². The predicted molar refractivity (Wildman–Crippen MR) is 362 cm³/mol. The first-order chi connectivity index (χ1) is 43.0. The van der Waals surface area contributed by atoms with E-state index in [-0.39, 0.29) is 32.3 Å². The van der Waals surface area contributed by atoms with Crippen molar-refractivity contribution in [1.29, 1.82) is 0 Å². The number of amides is 1. The van der Waals surface area contributed by atoms with Crippen molar-refractivity contribution in [3.63, 3.8) is 0 Å². The average molecular weight is 1230 g/mol. The number of esters is 1. The van der Waals surface area contributed by atoms with Gasteiger partial charge in [-0.25, -0.2) is 24.4 Å². The fourth-order valence-corrected chi connectivity index (χ4v) is 14.1. The minimum Gasteiger partial charge on any atom is -0.478 e. The molecule has 472 valence electrons. The van der Waals surface area contributed by atoms with Crippen LogP contribution in [-0.2, 0) is 53.6 Å². The van der Waals surface area contributed by atoms with Gasteiger partial charge in [0.2, 0.25) is 0 Å². The molecule has 4 aliphatic rings. The predicted octanol–water partition coefficient (Wildman–Crippen LogP) is 15.0. The van der Waals surface area contributed by atoms with E-state index in [9.17, 15) is 24.3 Å². The third kappa shape index (κ3) is 12.6. The second-order valence-corrected chi connectivity index (χ2v) is 24.4. The second-order valence-electron chi connectivity index (χ2n) is 24.4. The van der Waals surface area contributed by atoms with E-state index in [1.54, 1.807) is 31.2 Å². The van der Waals surface area contributed by atoms with E-state index in [1.807, 2.05) is 123 Å². The minimum absolute atomic E-state index is 0. The first kappa shape index (κ1) is 64.5. The first-order valence-corrected chi connectivity index (χ1v) is 31.2. The second kappa shape index (κ2) is 26.9. The molecular weight excluding hydrogens is 1140 g/mol. The summed E-state index contributed by atoms with van der Waals surface area (Å²) in [7, 11) is 8.07. The van der Waals surface area contributed by atoms with Crippen molar-refractivity contribution in [2.75, 3.05) is 6.61 Å². The zero-order chi connectivity index (χ0) is 62.1. The number of aliphatic carboxylic acids is 1. The van der Waals surface area contributed by atoms with Crippen molar-refractivity contribution < 1.29 is 34.1 Å². The summed E-state index contributed by atoms with van der Waals surface area (Å²) in [5.74, 6) is 0.468. The molecule has 4 saturated carbocycles. The standard InChI is InChI=1S/C35H35N5O3.C20H20N2O2.C17H21N3O2.2CH4/c1-39-29-21-24(13-14-25(29)31(23-8-3-4-9-23)32(39)26-10-5-6-19-36-26)33(43)38-35(17-7-18-35)34-37-27-20-22(12-16-30(41)42)11-15-28(27)40(34)2;1-22-17-12-14(20(23)24)9-10-15(17)18(13-6-2-3-7-13)19(22)16-8-4-5-11-21-16;1-3-22-15(21)8-6-12-5-7-14-13(11-12)19-16(20(14)2)17(18)9-4-10-17;;/h5-6,10-16,19-21,23H,3-4,7-9,17-18H2,1-2H3,(H,38,43)(H,41,42);4-5,8-13H,2-3,6-7H2,1H3,(H,23,24);5-8,11H,3-4,9-10,18H2,1-2H3;2*1H4/b16-12+;;8-6+;;. The van der Waals surface area contributed by atoms with Gasteiger partial charge in [0.1, 0.15) is 11.6 Å². The molecule has 17 heteroatoms. The van der Waals surface area contributed by atoms with Crippen LogP contribution in [0.3, 0.4) is 0 Å². The topological polar surface area (TPSA) is 227 Å². The smallest absolute Gasteiger partial charge is 0.335 e. The molecule has 0 atom stereocenters. The van der Waals surface area contributed by atoms with E-state index < -0.39 is 17.5 Å². The molecule has 0 radical (unpaired) electrons. The van der Waals surface area contributed by atoms with Crippen LogP contribution >= 0.6 is 0 Å². The van der Waals surface area contributed by atoms with Crippen LogP contribution in [-0.4, -0.2) is 78.8 Å². The molecule has 91 heavy (non-hydrogen) atoms. The summed E-state index contributed by atoms with van der Waals surface area (Å²) in [5.41, 5.74) is 20.8. The summed E-state index contributed by atoms with van der Waals surface area (Å²) in [6.07, 6.45) is 25.0. The number of carbonyl (C=O) groups excluding carboxylic acids is 2. The molecule has 5 N–H and O–H groups in total. The molecular formula is C74H84N10O7. The molecule has 17 nitrogen and oxygen atoms in total. The monoisotopic (exact) mass is 1220 g/mol. The maximum atomic E-state index is 13.9. The number of nitrogens with two attached hydrogens (primary N) is 1. The number of aryl methyl sites for hydroxylation is 4. The Morgan fingerprint density at radius 3 is 1.52 bits per heavy atom. The van der Waals surface area contributed by atoms with Crippen LogP contribution in [0.4, 0.5) is 0 Å². The Hall–Kier alpha value is -9.48. The summed E-state index contributed by atoms with van der Waals surface area (Å²) in [5, 5.41) is 24.1. The molecule has 0 spiro atoms. The van der Waals surface area contributed by atoms with Crippen molar-refractivity contribution in [2.45, 2.75) is 135 Å². The van der Waals surface area contributed by atoms with Gasteiger partial charge in [-0.2, -0.15) is 0 Å². The molecule has 6 heterocycles. The number of fused-ring (bicyclic) bond motifs is 4. The van der Waals surface area contributed by atoms with Gasteiger partial charge >= 0.3 is 17.9 Å². The van der Waals surface area contributed by atoms with E-state index in [2.05, 4.69) is 43.2 Å². The van der Waals surface area contributed by atoms with Crippen LogP contribution in [0, 0.1) is 0 Å². The number of carboxylic acids is 2. The van der Waals surface area contributed by atoms with Crippen LogP contribution in [0.5, 0.6) is 0 Å². The molecule has 0 bridgehead atoms. The van der Waals surface area contributed by atoms with Gasteiger partial charge < -0.3 is 44.3 Å². The third-order valence-electron chi connectivity index (χ3n) is 18.9. The van der Waals surface area contributed by atoms with Crippen LogP contribution in [0.2, 0.25) is 0 Å². The maximum Gasteiger partial charge on any atom is 0.335 e. The Bertz CT molecular complexity index is 4400. The van der Waals surface area contributed by atoms with Crippen LogP contribution in [0.1, 0.15) is 178 Å². The number of pyridine rings is 2. The Morgan fingerprint density at radius 1 is 0.582 bits per heavy atom. The van der Waals surface area contributed by atoms with Crippen molar-refractivity contribution in [2.24, 2.45) is 33.9 Å². The summed E-state index contributed by atoms with van der Waals surface area (Å²) < 4.78 is 13.3. The summed E-state index contributed by atoms with van der Waals surface area (Å²) in [6, 6.07) is 35.2. The number of carboxylic acid groups (broad SMARTS) is 2. The number of nitrogens with zero attached hydrogens (tertiary/aromatic N) is 8. The zero-order valence-electron chi connectivity index (χ0n) is 51.2. The molecule has 4 fully saturated rings. The number of hydrogen-bond acceptors (Lipinski definition) is 10. The van der Waals surface area contributed by atoms with Crippen LogP contribution in [0.25, 0.3) is 78.8 Å². The Labute approximate surface area is 531 Å². The number of benzene rings is 4. The highest BCUT2D eigenvalue weighted by molar-refractivity contribution is 6.02. The average Bonchev–Trinajstić information content (AvgIpc) is 1.65. The van der Waals surface area contributed by atoms with Crippen molar-refractivity contribution >= 4 is 79.8 Å². The number of aromatic carboxylic acids is 1. The lowest BCUT2D eigenvalue weighted by Gasteiger charge is -2.41. The fourth-order valence-electron chi connectivity index (χ4n) is 14.1. The Kier molecular flexibility index (Phi) is 19.1. The molecule has 1 amide bonds.